The predicted octanol–water partition coefficient (Wildman–Crippen LogP) is -1.11. The van der Waals surface area contributed by atoms with Crippen molar-refractivity contribution in [1.82, 2.24) is 4.48 Å². The van der Waals surface area contributed by atoms with Crippen molar-refractivity contribution in [3.05, 3.63) is 30.3 Å². The van der Waals surface area contributed by atoms with E-state index in [-0.39, 0.29) is 24.0 Å². The Morgan fingerprint density at radius 1 is 0.909 bits per heavy atom. The fourth-order valence-electron chi connectivity index (χ4n) is 0.875. The number of halogens is 1. The Bertz CT molecular complexity index is 201. The van der Waals surface area contributed by atoms with E-state index in [9.17, 15) is 0 Å². The van der Waals surface area contributed by atoms with E-state index in [1.54, 1.807) is 0 Å². The van der Waals surface area contributed by atoms with Crippen LogP contribution in [0.25, 0.3) is 0 Å². The first kappa shape index (κ1) is 10.9. The molecule has 0 saturated carbocycles. The van der Waals surface area contributed by atoms with Gasteiger partial charge in [0.2, 0.25) is 0 Å². The number of benzene rings is 1. The van der Waals surface area contributed by atoms with Gasteiger partial charge < -0.3 is 24.0 Å². The van der Waals surface area contributed by atoms with Crippen molar-refractivity contribution < 1.29 is 24.0 Å². The van der Waals surface area contributed by atoms with Gasteiger partial charge in [-0.15, -0.1) is 0 Å². The molecule has 2 heteroatoms. The van der Waals surface area contributed by atoms with Gasteiger partial charge in [0.05, 0.1) is 21.1 Å². The van der Waals surface area contributed by atoms with Gasteiger partial charge in [0.1, 0.15) is 5.69 Å². The Kier molecular flexibility index (Phi) is 4.03. The van der Waals surface area contributed by atoms with Gasteiger partial charge in [0.25, 0.3) is 0 Å². The molecule has 1 aromatic rings. The molecule has 0 atom stereocenters. The van der Waals surface area contributed by atoms with E-state index in [2.05, 4.69) is 45.4 Å². The highest BCUT2D eigenvalue weighted by Crippen LogP contribution is 2.14. The Hall–Kier alpha value is -0.0900. The number of rotatable bonds is 1. The van der Waals surface area contributed by atoms with Crippen LogP contribution in [0.1, 0.15) is 0 Å². The van der Waals surface area contributed by atoms with Crippen LogP contribution in [0.2, 0.25) is 0 Å². The van der Waals surface area contributed by atoms with E-state index in [1.807, 2.05) is 6.07 Å². The molecule has 0 N–H and O–H groups in total. The quantitative estimate of drug-likeness (QED) is 0.343. The molecule has 0 spiro atoms. The first-order valence-electron chi connectivity index (χ1n) is 3.48. The van der Waals surface area contributed by atoms with Gasteiger partial charge in [-0.2, -0.15) is 0 Å². The highest BCUT2D eigenvalue weighted by Gasteiger charge is 2.08. The topological polar surface area (TPSA) is 0 Å². The number of quaternary nitrogens is 1. The smallest absolute Gasteiger partial charge is 0.132 e. The highest BCUT2D eigenvalue weighted by molar-refractivity contribution is 5.40. The molecular weight excluding hydrogens is 250 g/mol. The summed E-state index contributed by atoms with van der Waals surface area (Å²) in [5.74, 6) is 0. The summed E-state index contributed by atoms with van der Waals surface area (Å²) >= 11 is 0. The van der Waals surface area contributed by atoms with Gasteiger partial charge in [0, 0.05) is 0 Å². The zero-order valence-corrected chi connectivity index (χ0v) is 9.37. The Labute approximate surface area is 85.6 Å². The third-order valence-corrected chi connectivity index (χ3v) is 1.53. The Balaban J connectivity index is 0.000001000. The van der Waals surface area contributed by atoms with Crippen LogP contribution in [0.5, 0.6) is 0 Å². The molecule has 1 nitrogen and oxygen atoms in total. The van der Waals surface area contributed by atoms with Crippen molar-refractivity contribution in [2.45, 2.75) is 0 Å². The van der Waals surface area contributed by atoms with Crippen LogP contribution in [-0.2, 0) is 0 Å². The average molecular weight is 264 g/mol. The molecule has 0 fully saturated rings. The molecule has 0 amide bonds. The molecule has 0 unspecified atom stereocenters. The summed E-state index contributed by atoms with van der Waals surface area (Å²) in [4.78, 5) is 0. The lowest BCUT2D eigenvalue weighted by atomic mass is 10.3. The SMILES string of the molecule is C[N+](C)([13CH3])c1ccccc1.[I-]. The second-order valence-electron chi connectivity index (χ2n) is 3.35. The molecule has 0 bridgehead atoms. The maximum atomic E-state index is 2.16. The molecule has 0 aliphatic carbocycles. The zero-order chi connectivity index (χ0) is 7.61. The normalized spacial score (nSPS) is 10.5. The molecular formula is C9H14IN. The van der Waals surface area contributed by atoms with Gasteiger partial charge >= 0.3 is 0 Å². The van der Waals surface area contributed by atoms with E-state index >= 15 is 0 Å². The van der Waals surface area contributed by atoms with Crippen molar-refractivity contribution in [1.29, 1.82) is 0 Å². The van der Waals surface area contributed by atoms with Crippen LogP contribution in [0.15, 0.2) is 30.3 Å². The lowest BCUT2D eigenvalue weighted by Gasteiger charge is -2.22. The lowest BCUT2D eigenvalue weighted by molar-refractivity contribution is -0.00000235. The summed E-state index contributed by atoms with van der Waals surface area (Å²) in [6.07, 6.45) is 0. The fourth-order valence-corrected chi connectivity index (χ4v) is 0.875. The second-order valence-corrected chi connectivity index (χ2v) is 3.35. The summed E-state index contributed by atoms with van der Waals surface area (Å²) in [5, 5.41) is 0. The first-order chi connectivity index (χ1) is 4.61. The van der Waals surface area contributed by atoms with Crippen LogP contribution < -0.4 is 28.5 Å². The van der Waals surface area contributed by atoms with Gasteiger partial charge in [-0.25, -0.2) is 0 Å². The van der Waals surface area contributed by atoms with Crippen LogP contribution in [-0.4, -0.2) is 21.1 Å². The maximum absolute atomic E-state index is 2.16. The van der Waals surface area contributed by atoms with E-state index in [0.717, 1.165) is 4.48 Å². The highest BCUT2D eigenvalue weighted by atomic mass is 127. The minimum Gasteiger partial charge on any atom is -1.00 e. The van der Waals surface area contributed by atoms with Crippen LogP contribution in [0, 0.1) is 0 Å². The largest absolute Gasteiger partial charge is 1.00 e. The summed E-state index contributed by atoms with van der Waals surface area (Å²) in [5.41, 5.74) is 1.34. The Morgan fingerprint density at radius 2 is 1.36 bits per heavy atom. The lowest BCUT2D eigenvalue weighted by Crippen LogP contribution is -3.00. The third-order valence-electron chi connectivity index (χ3n) is 1.53. The predicted molar refractivity (Wildman–Crippen MR) is 46.0 cm³/mol. The van der Waals surface area contributed by atoms with E-state index in [4.69, 9.17) is 0 Å². The molecule has 1 aromatic carbocycles. The molecule has 0 radical (unpaired) electrons. The van der Waals surface area contributed by atoms with Crippen LogP contribution >= 0.6 is 0 Å². The van der Waals surface area contributed by atoms with Gasteiger partial charge in [-0.1, -0.05) is 18.2 Å². The maximum Gasteiger partial charge on any atom is 0.132 e. The number of para-hydroxylation sites is 1. The molecule has 1 rings (SSSR count). The summed E-state index contributed by atoms with van der Waals surface area (Å²) in [6.45, 7) is 0. The third kappa shape index (κ3) is 3.20. The van der Waals surface area contributed by atoms with Gasteiger partial charge in [-0.3, -0.25) is 4.48 Å². The molecule has 0 saturated heterocycles. The molecule has 0 heterocycles. The van der Waals surface area contributed by atoms with Crippen molar-refractivity contribution in [2.24, 2.45) is 0 Å². The number of hydrogen-bond acceptors (Lipinski definition) is 0. The standard InChI is InChI=1S/C9H14N.HI/c1-10(2,3)9-7-5-4-6-8-9;/h4-8H,1-3H3;1H/q+1;/p-1/i1+1;. The monoisotopic (exact) mass is 264 g/mol. The molecule has 62 valence electrons. The van der Waals surface area contributed by atoms with Crippen molar-refractivity contribution in [3.63, 3.8) is 0 Å². The first-order valence-corrected chi connectivity index (χ1v) is 3.48. The van der Waals surface area contributed by atoms with E-state index < -0.39 is 0 Å². The second kappa shape index (κ2) is 4.07. The number of nitrogens with zero attached hydrogens (tertiary/aromatic N) is 1. The number of hydrogen-bond donors (Lipinski definition) is 0. The van der Waals surface area contributed by atoms with E-state index in [1.165, 1.54) is 5.69 Å². The van der Waals surface area contributed by atoms with Gasteiger partial charge in [0.15, 0.2) is 0 Å². The van der Waals surface area contributed by atoms with Gasteiger partial charge in [-0.05, 0) is 12.1 Å². The Morgan fingerprint density at radius 3 is 1.64 bits per heavy atom. The van der Waals surface area contributed by atoms with Crippen molar-refractivity contribution in [2.75, 3.05) is 21.1 Å². The molecule has 0 aliphatic heterocycles. The fraction of sp³-hybridized carbons (Fsp3) is 0.333. The summed E-state index contributed by atoms with van der Waals surface area (Å²) < 4.78 is 0.890. The molecule has 0 aliphatic rings. The summed E-state index contributed by atoms with van der Waals surface area (Å²) in [7, 11) is 6.49. The molecule has 0 aromatic heterocycles. The van der Waals surface area contributed by atoms with Crippen molar-refractivity contribution in [3.8, 4) is 0 Å². The van der Waals surface area contributed by atoms with Crippen LogP contribution in [0.4, 0.5) is 5.69 Å². The van der Waals surface area contributed by atoms with E-state index in [0.29, 0.717) is 0 Å². The minimum absolute atomic E-state index is 0. The van der Waals surface area contributed by atoms with Crippen molar-refractivity contribution >= 4 is 5.69 Å². The minimum atomic E-state index is 0. The summed E-state index contributed by atoms with van der Waals surface area (Å²) in [6, 6.07) is 10.5. The van der Waals surface area contributed by atoms with Crippen LogP contribution in [0.3, 0.4) is 0 Å². The average Bonchev–Trinajstić information content (AvgIpc) is 1.88. The zero-order valence-electron chi connectivity index (χ0n) is 7.21. The molecule has 11 heavy (non-hydrogen) atoms.